The third-order valence-corrected chi connectivity index (χ3v) is 2.22. The van der Waals surface area contributed by atoms with Gasteiger partial charge in [0.15, 0.2) is 0 Å². The molecule has 0 aliphatic carbocycles. The second-order valence-electron chi connectivity index (χ2n) is 2.02. The van der Waals surface area contributed by atoms with Crippen LogP contribution in [0.25, 0.3) is 0 Å². The molecule has 0 atom stereocenters. The fraction of sp³-hybridized carbons (Fsp3) is 0.333. The van der Waals surface area contributed by atoms with Crippen molar-refractivity contribution < 1.29 is 9.59 Å². The Morgan fingerprint density at radius 2 is 2.27 bits per heavy atom. The average Bonchev–Trinajstić information content (AvgIpc) is 2.19. The number of carbonyl (C=O) groups excluding carboxylic acids is 2. The van der Waals surface area contributed by atoms with Gasteiger partial charge in [-0.05, 0) is 0 Å². The minimum atomic E-state index is -0.325. The Morgan fingerprint density at radius 1 is 1.64 bits per heavy atom. The van der Waals surface area contributed by atoms with Gasteiger partial charge in [-0.2, -0.15) is 0 Å². The van der Waals surface area contributed by atoms with Crippen molar-refractivity contribution in [1.29, 1.82) is 0 Å². The van der Waals surface area contributed by atoms with Crippen molar-refractivity contribution in [2.24, 2.45) is 0 Å². The van der Waals surface area contributed by atoms with Crippen LogP contribution in [0.15, 0.2) is 0 Å². The normalized spacial score (nSPS) is 17.5. The summed E-state index contributed by atoms with van der Waals surface area (Å²) in [6.07, 6.45) is 4.99. The zero-order valence-electron chi connectivity index (χ0n) is 5.58. The molecule has 0 bridgehead atoms. The second kappa shape index (κ2) is 3.09. The number of nitrogens with zero attached hydrogens (tertiary/aromatic N) is 2. The van der Waals surface area contributed by atoms with E-state index < -0.39 is 0 Å². The Bertz CT molecular complexity index is 245. The number of halogens is 1. The molecule has 0 radical (unpaired) electrons. The molecule has 3 amide bonds. The zero-order valence-corrected chi connectivity index (χ0v) is 7.74. The summed E-state index contributed by atoms with van der Waals surface area (Å²) in [4.78, 5) is 23.2. The fourth-order valence-electron chi connectivity index (χ4n) is 0.758. The molecule has 0 aromatic carbocycles. The first-order valence-corrected chi connectivity index (χ1v) is 3.84. The molecule has 1 aliphatic heterocycles. The Balaban J connectivity index is 2.69. The van der Waals surface area contributed by atoms with Crippen molar-refractivity contribution >= 4 is 34.8 Å². The highest BCUT2D eigenvalue weighted by atomic mass is 127. The maximum absolute atomic E-state index is 11.0. The van der Waals surface area contributed by atoms with Gasteiger partial charge < -0.3 is 4.90 Å². The summed E-state index contributed by atoms with van der Waals surface area (Å²) in [5, 5.41) is 0. The summed E-state index contributed by atoms with van der Waals surface area (Å²) in [5.41, 5.74) is 0. The summed E-state index contributed by atoms with van der Waals surface area (Å²) in [5.74, 6) is 2.09. The van der Waals surface area contributed by atoms with Crippen molar-refractivity contribution in [3.8, 4) is 12.3 Å². The van der Waals surface area contributed by atoms with Gasteiger partial charge in [-0.25, -0.2) is 7.91 Å². The lowest BCUT2D eigenvalue weighted by atomic mass is 10.5. The summed E-state index contributed by atoms with van der Waals surface area (Å²) >= 11 is 1.66. The van der Waals surface area contributed by atoms with Crippen LogP contribution in [0.2, 0.25) is 0 Å². The van der Waals surface area contributed by atoms with Gasteiger partial charge in [0, 0.05) is 0 Å². The number of imide groups is 1. The van der Waals surface area contributed by atoms with Gasteiger partial charge in [-0.1, -0.05) is 5.92 Å². The van der Waals surface area contributed by atoms with Crippen LogP contribution in [0, 0.1) is 12.3 Å². The van der Waals surface area contributed by atoms with Crippen molar-refractivity contribution in [3.63, 3.8) is 0 Å². The van der Waals surface area contributed by atoms with Gasteiger partial charge in [-0.3, -0.25) is 4.79 Å². The summed E-state index contributed by atoms with van der Waals surface area (Å²) < 4.78 is 1.04. The standard InChI is InChI=1S/C6H5IN2O2/c1-2-3-8-4-5(10)9(7)6(8)11/h1H,3-4H2. The largest absolute Gasteiger partial charge is 0.337 e. The smallest absolute Gasteiger partial charge is 0.303 e. The maximum atomic E-state index is 11.0. The van der Waals surface area contributed by atoms with Crippen LogP contribution in [0.4, 0.5) is 4.79 Å². The number of hydrogen-bond acceptors (Lipinski definition) is 2. The molecule has 0 spiro atoms. The molecule has 1 fully saturated rings. The van der Waals surface area contributed by atoms with Gasteiger partial charge in [0.2, 0.25) is 0 Å². The topological polar surface area (TPSA) is 40.6 Å². The van der Waals surface area contributed by atoms with Crippen LogP contribution >= 0.6 is 22.9 Å². The van der Waals surface area contributed by atoms with Crippen molar-refractivity contribution in [1.82, 2.24) is 8.01 Å². The van der Waals surface area contributed by atoms with Crippen molar-refractivity contribution in [2.75, 3.05) is 13.1 Å². The fourth-order valence-corrected chi connectivity index (χ4v) is 1.22. The molecule has 1 rings (SSSR count). The average molecular weight is 264 g/mol. The number of urea groups is 1. The van der Waals surface area contributed by atoms with Crippen molar-refractivity contribution in [2.45, 2.75) is 0 Å². The number of hydrogen-bond donors (Lipinski definition) is 0. The number of terminal acetylenes is 1. The van der Waals surface area contributed by atoms with E-state index in [0.717, 1.165) is 3.11 Å². The van der Waals surface area contributed by atoms with E-state index in [9.17, 15) is 9.59 Å². The Kier molecular flexibility index (Phi) is 2.34. The van der Waals surface area contributed by atoms with E-state index in [-0.39, 0.29) is 25.0 Å². The molecule has 11 heavy (non-hydrogen) atoms. The van der Waals surface area contributed by atoms with E-state index in [2.05, 4.69) is 5.92 Å². The van der Waals surface area contributed by atoms with Gasteiger partial charge in [-0.15, -0.1) is 6.42 Å². The molecule has 4 nitrogen and oxygen atoms in total. The molecule has 0 aromatic rings. The quantitative estimate of drug-likeness (QED) is 0.294. The summed E-state index contributed by atoms with van der Waals surface area (Å²) in [7, 11) is 0. The predicted molar refractivity (Wildman–Crippen MR) is 46.7 cm³/mol. The number of amides is 3. The SMILES string of the molecule is C#CCN1CC(=O)N(I)C1=O. The van der Waals surface area contributed by atoms with Crippen LogP contribution in [-0.2, 0) is 4.79 Å². The Morgan fingerprint density at radius 3 is 2.64 bits per heavy atom. The molecule has 5 heteroatoms. The van der Waals surface area contributed by atoms with E-state index in [1.54, 1.807) is 22.9 Å². The molecule has 0 saturated carbocycles. The molecule has 1 saturated heterocycles. The predicted octanol–water partition coefficient (Wildman–Crippen LogP) is 0.234. The Labute approximate surface area is 78.0 Å². The molecule has 0 N–H and O–H groups in total. The minimum Gasteiger partial charge on any atom is -0.303 e. The van der Waals surface area contributed by atoms with Gasteiger partial charge in [0.1, 0.15) is 6.54 Å². The molecule has 1 heterocycles. The first kappa shape index (κ1) is 8.33. The highest BCUT2D eigenvalue weighted by Gasteiger charge is 2.33. The van der Waals surface area contributed by atoms with Crippen molar-refractivity contribution in [3.05, 3.63) is 0 Å². The first-order chi connectivity index (χ1) is 5.16. The van der Waals surface area contributed by atoms with Crippen LogP contribution in [0.1, 0.15) is 0 Å². The van der Waals surface area contributed by atoms with Crippen LogP contribution in [0.3, 0.4) is 0 Å². The summed E-state index contributed by atoms with van der Waals surface area (Å²) in [6.45, 7) is 0.302. The first-order valence-electron chi connectivity index (χ1n) is 2.88. The van der Waals surface area contributed by atoms with Crippen LogP contribution in [-0.4, -0.2) is 33.0 Å². The van der Waals surface area contributed by atoms with Gasteiger partial charge in [0.05, 0.1) is 29.4 Å². The lowest BCUT2D eigenvalue weighted by molar-refractivity contribution is -0.121. The minimum absolute atomic E-state index is 0.103. The molecule has 0 unspecified atom stereocenters. The third-order valence-electron chi connectivity index (χ3n) is 1.27. The number of rotatable bonds is 1. The lowest BCUT2D eigenvalue weighted by Gasteiger charge is -2.08. The maximum Gasteiger partial charge on any atom is 0.337 e. The van der Waals surface area contributed by atoms with E-state index in [0.29, 0.717) is 0 Å². The molecular weight excluding hydrogens is 259 g/mol. The summed E-state index contributed by atoms with van der Waals surface area (Å²) in [6, 6.07) is -0.325. The highest BCUT2D eigenvalue weighted by Crippen LogP contribution is 2.13. The molecule has 58 valence electrons. The van der Waals surface area contributed by atoms with Gasteiger partial charge in [0.25, 0.3) is 5.91 Å². The molecule has 1 aliphatic rings. The van der Waals surface area contributed by atoms with E-state index in [4.69, 9.17) is 6.42 Å². The van der Waals surface area contributed by atoms with Crippen LogP contribution < -0.4 is 0 Å². The monoisotopic (exact) mass is 264 g/mol. The van der Waals surface area contributed by atoms with Gasteiger partial charge >= 0.3 is 6.03 Å². The van der Waals surface area contributed by atoms with Crippen LogP contribution in [0.5, 0.6) is 0 Å². The zero-order chi connectivity index (χ0) is 8.43. The molecule has 0 aromatic heterocycles. The molecular formula is C6H5IN2O2. The van der Waals surface area contributed by atoms with E-state index in [1.165, 1.54) is 4.90 Å². The lowest BCUT2D eigenvalue weighted by Crippen LogP contribution is -2.27. The highest BCUT2D eigenvalue weighted by molar-refractivity contribution is 14.1. The Hall–Kier alpha value is -0.770. The van der Waals surface area contributed by atoms with E-state index >= 15 is 0 Å². The third kappa shape index (κ3) is 1.45. The number of carbonyl (C=O) groups is 2. The van der Waals surface area contributed by atoms with E-state index in [1.807, 2.05) is 0 Å². The second-order valence-corrected chi connectivity index (χ2v) is 2.98.